The van der Waals surface area contributed by atoms with Crippen molar-refractivity contribution in [3.05, 3.63) is 33.7 Å². The largest absolute Gasteiger partial charge is 0.507 e. The second kappa shape index (κ2) is 4.98. The number of aromatic hydroxyl groups is 1. The third kappa shape index (κ3) is 1.94. The number of piperidine rings is 1. The molecule has 0 spiro atoms. The lowest BCUT2D eigenvalue weighted by atomic mass is 9.77. The number of amides is 1. The number of fused-ring (bicyclic) bond motifs is 5. The Bertz CT molecular complexity index is 917. The summed E-state index contributed by atoms with van der Waals surface area (Å²) in [5, 5.41) is 20.5. The molecule has 0 bridgehead atoms. The van der Waals surface area contributed by atoms with Crippen LogP contribution in [-0.4, -0.2) is 40.9 Å². The van der Waals surface area contributed by atoms with E-state index in [1.54, 1.807) is 18.9 Å². The predicted molar refractivity (Wildman–Crippen MR) is 84.0 cm³/mol. The maximum absolute atomic E-state index is 12.5. The van der Waals surface area contributed by atoms with Gasteiger partial charge in [-0.1, -0.05) is 0 Å². The fourth-order valence-electron chi connectivity index (χ4n) is 3.77. The minimum atomic E-state index is -1.30. The number of carbonyl (C=O) groups excluding carboxylic acids is 1. The highest BCUT2D eigenvalue weighted by molar-refractivity contribution is 5.91. The van der Waals surface area contributed by atoms with Crippen LogP contribution in [0.5, 0.6) is 11.5 Å². The lowest BCUT2D eigenvalue weighted by Crippen LogP contribution is -2.51. The fraction of sp³-hybridized carbons (Fsp3) is 0.412. The van der Waals surface area contributed by atoms with E-state index in [1.165, 1.54) is 12.1 Å². The Kier molecular flexibility index (Phi) is 3.11. The maximum atomic E-state index is 12.5. The van der Waals surface area contributed by atoms with Crippen LogP contribution in [-0.2, 0) is 4.79 Å². The van der Waals surface area contributed by atoms with Gasteiger partial charge >= 0.3 is 0 Å². The zero-order chi connectivity index (χ0) is 17.2. The molecule has 0 radical (unpaired) electrons. The third-order valence-corrected chi connectivity index (χ3v) is 4.90. The van der Waals surface area contributed by atoms with Crippen LogP contribution in [0, 0.1) is 12.8 Å². The minimum absolute atomic E-state index is 0.0736. The SMILES string of the molecule is Cc1cc(=O)c2c(O)cc3c(c2o1)[C@H]1CCN(C)C(=O)[C@H]1[C@@H](O)O3. The Morgan fingerprint density at radius 3 is 2.79 bits per heavy atom. The molecule has 1 amide bonds. The molecule has 0 aliphatic carbocycles. The molecule has 1 fully saturated rings. The summed E-state index contributed by atoms with van der Waals surface area (Å²) in [6, 6.07) is 2.62. The van der Waals surface area contributed by atoms with E-state index < -0.39 is 12.2 Å². The van der Waals surface area contributed by atoms with Crippen molar-refractivity contribution < 1.29 is 24.2 Å². The zero-order valence-electron chi connectivity index (χ0n) is 13.3. The Balaban J connectivity index is 2.04. The van der Waals surface area contributed by atoms with Crippen LogP contribution in [0.15, 0.2) is 21.3 Å². The average Bonchev–Trinajstić information content (AvgIpc) is 2.49. The van der Waals surface area contributed by atoms with Crippen molar-refractivity contribution in [2.75, 3.05) is 13.6 Å². The highest BCUT2D eigenvalue weighted by atomic mass is 16.6. The van der Waals surface area contributed by atoms with Crippen LogP contribution in [0.2, 0.25) is 0 Å². The van der Waals surface area contributed by atoms with Gasteiger partial charge in [0, 0.05) is 37.2 Å². The summed E-state index contributed by atoms with van der Waals surface area (Å²) in [4.78, 5) is 26.3. The number of ether oxygens (including phenoxy) is 1. The quantitative estimate of drug-likeness (QED) is 0.749. The van der Waals surface area contributed by atoms with E-state index in [0.717, 1.165) is 0 Å². The van der Waals surface area contributed by atoms with E-state index in [1.807, 2.05) is 0 Å². The Hall–Kier alpha value is -2.54. The van der Waals surface area contributed by atoms with E-state index in [2.05, 4.69) is 0 Å². The van der Waals surface area contributed by atoms with E-state index in [0.29, 0.717) is 24.3 Å². The van der Waals surface area contributed by atoms with Gasteiger partial charge in [-0.3, -0.25) is 9.59 Å². The molecule has 24 heavy (non-hydrogen) atoms. The van der Waals surface area contributed by atoms with Gasteiger partial charge in [0.05, 0.1) is 0 Å². The number of hydrogen-bond donors (Lipinski definition) is 2. The average molecular weight is 331 g/mol. The molecule has 2 aromatic rings. The van der Waals surface area contributed by atoms with Crippen molar-refractivity contribution in [2.45, 2.75) is 25.6 Å². The molecule has 3 atom stereocenters. The van der Waals surface area contributed by atoms with Crippen LogP contribution in [0.3, 0.4) is 0 Å². The van der Waals surface area contributed by atoms with Gasteiger partial charge in [-0.15, -0.1) is 0 Å². The summed E-state index contributed by atoms with van der Waals surface area (Å²) >= 11 is 0. The lowest BCUT2D eigenvalue weighted by Gasteiger charge is -2.42. The summed E-state index contributed by atoms with van der Waals surface area (Å²) < 4.78 is 11.2. The number of aliphatic hydroxyl groups excluding tert-OH is 1. The second-order valence-electron chi connectivity index (χ2n) is 6.42. The van der Waals surface area contributed by atoms with Gasteiger partial charge < -0.3 is 24.3 Å². The van der Waals surface area contributed by atoms with Crippen molar-refractivity contribution >= 4 is 16.9 Å². The molecular weight excluding hydrogens is 314 g/mol. The normalized spacial score (nSPS) is 26.0. The number of aryl methyl sites for hydroxylation is 1. The molecule has 1 saturated heterocycles. The van der Waals surface area contributed by atoms with E-state index in [-0.39, 0.29) is 39.7 Å². The van der Waals surface area contributed by atoms with Crippen molar-refractivity contribution in [1.29, 1.82) is 0 Å². The highest BCUT2D eigenvalue weighted by Crippen LogP contribution is 2.49. The van der Waals surface area contributed by atoms with Gasteiger partial charge in [0.15, 0.2) is 5.43 Å². The molecule has 126 valence electrons. The Morgan fingerprint density at radius 1 is 1.29 bits per heavy atom. The summed E-state index contributed by atoms with van der Waals surface area (Å²) in [5.74, 6) is -0.902. The first-order chi connectivity index (χ1) is 11.4. The van der Waals surface area contributed by atoms with Crippen LogP contribution in [0.4, 0.5) is 0 Å². The first-order valence-electron chi connectivity index (χ1n) is 7.78. The number of rotatable bonds is 0. The van der Waals surface area contributed by atoms with Crippen molar-refractivity contribution in [3.8, 4) is 11.5 Å². The van der Waals surface area contributed by atoms with Crippen LogP contribution in [0.1, 0.15) is 23.7 Å². The van der Waals surface area contributed by atoms with Gasteiger partial charge in [0.1, 0.15) is 34.1 Å². The molecule has 2 N–H and O–H groups in total. The first-order valence-corrected chi connectivity index (χ1v) is 7.78. The van der Waals surface area contributed by atoms with Crippen molar-refractivity contribution in [1.82, 2.24) is 4.90 Å². The lowest BCUT2D eigenvalue weighted by molar-refractivity contribution is -0.157. The molecule has 4 rings (SSSR count). The fourth-order valence-corrected chi connectivity index (χ4v) is 3.77. The molecule has 0 saturated carbocycles. The number of hydrogen-bond acceptors (Lipinski definition) is 6. The predicted octanol–water partition coefficient (Wildman–Crippen LogP) is 1.08. The molecule has 7 heteroatoms. The van der Waals surface area contributed by atoms with Crippen LogP contribution < -0.4 is 10.2 Å². The topological polar surface area (TPSA) is 100 Å². The molecule has 3 heterocycles. The summed E-state index contributed by atoms with van der Waals surface area (Å²) in [5.41, 5.74) is 0.450. The van der Waals surface area contributed by atoms with Crippen molar-refractivity contribution in [2.24, 2.45) is 5.92 Å². The minimum Gasteiger partial charge on any atom is -0.507 e. The molecule has 1 aromatic heterocycles. The maximum Gasteiger partial charge on any atom is 0.232 e. The summed E-state index contributed by atoms with van der Waals surface area (Å²) in [7, 11) is 1.68. The van der Waals surface area contributed by atoms with Gasteiger partial charge in [-0.2, -0.15) is 0 Å². The van der Waals surface area contributed by atoms with Crippen LogP contribution >= 0.6 is 0 Å². The van der Waals surface area contributed by atoms with Crippen molar-refractivity contribution in [3.63, 3.8) is 0 Å². The number of nitrogens with zero attached hydrogens (tertiary/aromatic N) is 1. The molecule has 0 unspecified atom stereocenters. The number of likely N-dealkylation sites (tertiary alicyclic amines) is 1. The zero-order valence-corrected chi connectivity index (χ0v) is 13.3. The monoisotopic (exact) mass is 331 g/mol. The molecule has 1 aromatic carbocycles. The van der Waals surface area contributed by atoms with E-state index in [4.69, 9.17) is 9.15 Å². The van der Waals surface area contributed by atoms with Gasteiger partial charge in [0.2, 0.25) is 12.2 Å². The van der Waals surface area contributed by atoms with Gasteiger partial charge in [-0.05, 0) is 13.3 Å². The molecule has 2 aliphatic rings. The number of phenols is 1. The standard InChI is InChI=1S/C17H17NO6/c1-7-5-9(19)14-10(20)6-11-12(15(14)23-7)8-3-4-18(2)16(21)13(8)17(22)24-11/h5-6,8,13,17,20,22H,3-4H2,1-2H3/t8-,13+,17+/m1/s1. The van der Waals surface area contributed by atoms with E-state index >= 15 is 0 Å². The number of phenolic OH excluding ortho intramolecular Hbond substituents is 1. The second-order valence-corrected chi connectivity index (χ2v) is 6.42. The number of aliphatic hydroxyl groups is 1. The highest BCUT2D eigenvalue weighted by Gasteiger charge is 2.47. The molecule has 7 nitrogen and oxygen atoms in total. The van der Waals surface area contributed by atoms with E-state index in [9.17, 15) is 19.8 Å². The summed E-state index contributed by atoms with van der Waals surface area (Å²) in [6.45, 7) is 2.18. The third-order valence-electron chi connectivity index (χ3n) is 4.90. The number of carbonyl (C=O) groups is 1. The van der Waals surface area contributed by atoms with Gasteiger partial charge in [0.25, 0.3) is 0 Å². The first kappa shape index (κ1) is 15.0. The van der Waals surface area contributed by atoms with Gasteiger partial charge in [-0.25, -0.2) is 0 Å². The summed E-state index contributed by atoms with van der Waals surface area (Å²) in [6.07, 6.45) is -0.691. The molecule has 2 aliphatic heterocycles. The Labute approximate surface area is 137 Å². The smallest absolute Gasteiger partial charge is 0.232 e. The van der Waals surface area contributed by atoms with Crippen LogP contribution in [0.25, 0.3) is 11.0 Å². The molecular formula is C17H17NO6. The number of benzene rings is 1. The Morgan fingerprint density at radius 2 is 2.04 bits per heavy atom.